The molecule has 2 heterocycles. The van der Waals surface area contributed by atoms with Crippen molar-refractivity contribution in [2.45, 2.75) is 13.0 Å². The minimum absolute atomic E-state index is 0.221. The Hall–Kier alpha value is -3.62. The van der Waals surface area contributed by atoms with Gasteiger partial charge >= 0.3 is 0 Å². The standard InChI is InChI=1S/C16H15N7O2/c1-11(23-10-18-9-20-23)15(24)21-12-2-4-13(5-3-12)22-16(25)14-8-17-6-7-19-14/h2-11H,1H3,(H,21,24)(H,22,25). The Morgan fingerprint density at radius 1 is 1.04 bits per heavy atom. The molecule has 2 N–H and O–H groups in total. The summed E-state index contributed by atoms with van der Waals surface area (Å²) in [5, 5.41) is 9.43. The van der Waals surface area contributed by atoms with Crippen molar-refractivity contribution in [1.29, 1.82) is 0 Å². The summed E-state index contributed by atoms with van der Waals surface area (Å²) >= 11 is 0. The number of hydrogen-bond acceptors (Lipinski definition) is 6. The second-order valence-corrected chi connectivity index (χ2v) is 5.16. The fourth-order valence-electron chi connectivity index (χ4n) is 2.03. The lowest BCUT2D eigenvalue weighted by molar-refractivity contribution is -0.119. The van der Waals surface area contributed by atoms with Gasteiger partial charge in [0.15, 0.2) is 0 Å². The summed E-state index contributed by atoms with van der Waals surface area (Å²) in [6.07, 6.45) is 7.18. The first-order chi connectivity index (χ1) is 12.1. The Morgan fingerprint density at radius 3 is 2.36 bits per heavy atom. The van der Waals surface area contributed by atoms with Crippen LogP contribution in [0.3, 0.4) is 0 Å². The first-order valence-electron chi connectivity index (χ1n) is 7.46. The Kier molecular flexibility index (Phi) is 4.74. The molecule has 1 atom stereocenters. The molecule has 9 heteroatoms. The molecule has 1 unspecified atom stereocenters. The molecule has 9 nitrogen and oxygen atoms in total. The summed E-state index contributed by atoms with van der Waals surface area (Å²) in [5.41, 5.74) is 1.41. The molecule has 0 aliphatic heterocycles. The maximum Gasteiger partial charge on any atom is 0.275 e. The second kappa shape index (κ2) is 7.30. The number of amides is 2. The largest absolute Gasteiger partial charge is 0.324 e. The first-order valence-corrected chi connectivity index (χ1v) is 7.46. The van der Waals surface area contributed by atoms with Crippen LogP contribution in [0.4, 0.5) is 11.4 Å². The van der Waals surface area contributed by atoms with Crippen molar-refractivity contribution < 1.29 is 9.59 Å². The lowest BCUT2D eigenvalue weighted by atomic mass is 10.2. The molecule has 126 valence electrons. The zero-order valence-corrected chi connectivity index (χ0v) is 13.3. The van der Waals surface area contributed by atoms with Gasteiger partial charge in [0.2, 0.25) is 5.91 Å². The van der Waals surface area contributed by atoms with E-state index in [1.54, 1.807) is 31.2 Å². The van der Waals surface area contributed by atoms with Gasteiger partial charge in [0.25, 0.3) is 5.91 Å². The van der Waals surface area contributed by atoms with Gasteiger partial charge in [-0.2, -0.15) is 5.10 Å². The predicted octanol–water partition coefficient (Wildman–Crippen LogP) is 1.52. The van der Waals surface area contributed by atoms with Crippen molar-refractivity contribution in [1.82, 2.24) is 24.7 Å². The molecule has 0 fully saturated rings. The maximum absolute atomic E-state index is 12.2. The molecule has 0 saturated carbocycles. The molecule has 1 aromatic carbocycles. The van der Waals surface area contributed by atoms with Crippen LogP contribution in [0, 0.1) is 0 Å². The van der Waals surface area contributed by atoms with Gasteiger partial charge in [-0.1, -0.05) is 0 Å². The van der Waals surface area contributed by atoms with Crippen LogP contribution in [0.1, 0.15) is 23.5 Å². The molecule has 2 aromatic heterocycles. The quantitative estimate of drug-likeness (QED) is 0.729. The number of nitrogens with one attached hydrogen (secondary N) is 2. The Bertz CT molecular complexity index is 848. The van der Waals surface area contributed by atoms with Gasteiger partial charge in [-0.15, -0.1) is 0 Å². The topological polar surface area (TPSA) is 115 Å². The van der Waals surface area contributed by atoms with Crippen molar-refractivity contribution >= 4 is 23.2 Å². The van der Waals surface area contributed by atoms with Crippen molar-refractivity contribution in [3.63, 3.8) is 0 Å². The van der Waals surface area contributed by atoms with E-state index >= 15 is 0 Å². The van der Waals surface area contributed by atoms with Crippen LogP contribution in [0.2, 0.25) is 0 Å². The molecule has 25 heavy (non-hydrogen) atoms. The molecular formula is C16H15N7O2. The summed E-state index contributed by atoms with van der Waals surface area (Å²) < 4.78 is 1.46. The monoisotopic (exact) mass is 337 g/mol. The highest BCUT2D eigenvalue weighted by Gasteiger charge is 2.15. The second-order valence-electron chi connectivity index (χ2n) is 5.16. The molecule has 3 rings (SSSR count). The summed E-state index contributed by atoms with van der Waals surface area (Å²) in [4.78, 5) is 35.8. The van der Waals surface area contributed by atoms with E-state index in [0.717, 1.165) is 0 Å². The van der Waals surface area contributed by atoms with E-state index in [0.29, 0.717) is 11.4 Å². The average Bonchev–Trinajstić information content (AvgIpc) is 3.18. The van der Waals surface area contributed by atoms with Crippen molar-refractivity contribution in [2.75, 3.05) is 10.6 Å². The van der Waals surface area contributed by atoms with Gasteiger partial charge in [-0.3, -0.25) is 14.6 Å². The van der Waals surface area contributed by atoms with E-state index in [1.807, 2.05) is 0 Å². The molecule has 0 bridgehead atoms. The Labute approximate surface area is 143 Å². The minimum atomic E-state index is -0.487. The molecule has 0 radical (unpaired) electrons. The third-order valence-corrected chi connectivity index (χ3v) is 3.42. The van der Waals surface area contributed by atoms with Crippen LogP contribution in [0.25, 0.3) is 0 Å². The van der Waals surface area contributed by atoms with Crippen LogP contribution in [0.5, 0.6) is 0 Å². The fraction of sp³-hybridized carbons (Fsp3) is 0.125. The molecule has 2 amide bonds. The summed E-state index contributed by atoms with van der Waals surface area (Å²) in [7, 11) is 0. The smallest absolute Gasteiger partial charge is 0.275 e. The number of aromatic nitrogens is 5. The van der Waals surface area contributed by atoms with E-state index in [9.17, 15) is 9.59 Å². The SMILES string of the molecule is CC(C(=O)Nc1ccc(NC(=O)c2cnccn2)cc1)n1cncn1. The predicted molar refractivity (Wildman–Crippen MR) is 89.8 cm³/mol. The zero-order chi connectivity index (χ0) is 17.6. The fourth-order valence-corrected chi connectivity index (χ4v) is 2.03. The van der Waals surface area contributed by atoms with E-state index in [-0.39, 0.29) is 17.5 Å². The third-order valence-electron chi connectivity index (χ3n) is 3.42. The molecule has 0 spiro atoms. The third kappa shape index (κ3) is 4.02. The van der Waals surface area contributed by atoms with E-state index < -0.39 is 6.04 Å². The van der Waals surface area contributed by atoms with Crippen LogP contribution in [-0.2, 0) is 4.79 Å². The van der Waals surface area contributed by atoms with Crippen molar-refractivity contribution in [3.8, 4) is 0 Å². The van der Waals surface area contributed by atoms with Gasteiger partial charge < -0.3 is 10.6 Å². The number of carbonyl (C=O) groups excluding carboxylic acids is 2. The average molecular weight is 337 g/mol. The first kappa shape index (κ1) is 16.2. The number of nitrogens with zero attached hydrogens (tertiary/aromatic N) is 5. The number of hydrogen-bond donors (Lipinski definition) is 2. The van der Waals surface area contributed by atoms with Crippen molar-refractivity contribution in [3.05, 3.63) is 61.2 Å². The van der Waals surface area contributed by atoms with Gasteiger partial charge in [-0.25, -0.2) is 14.6 Å². The van der Waals surface area contributed by atoms with Gasteiger partial charge in [0.1, 0.15) is 24.4 Å². The van der Waals surface area contributed by atoms with Crippen LogP contribution >= 0.6 is 0 Å². The van der Waals surface area contributed by atoms with Gasteiger partial charge in [-0.05, 0) is 31.2 Å². The van der Waals surface area contributed by atoms with Crippen LogP contribution < -0.4 is 10.6 Å². The molecule has 0 aliphatic rings. The summed E-state index contributed by atoms with van der Waals surface area (Å²) in [6.45, 7) is 1.72. The lowest BCUT2D eigenvalue weighted by Gasteiger charge is -2.12. The highest BCUT2D eigenvalue weighted by molar-refractivity contribution is 6.02. The van der Waals surface area contributed by atoms with Gasteiger partial charge in [0, 0.05) is 23.8 Å². The van der Waals surface area contributed by atoms with E-state index in [2.05, 4.69) is 30.7 Å². The Morgan fingerprint density at radius 2 is 1.76 bits per heavy atom. The molecular weight excluding hydrogens is 322 g/mol. The molecule has 0 saturated heterocycles. The maximum atomic E-state index is 12.2. The van der Waals surface area contributed by atoms with Crippen LogP contribution in [-0.4, -0.2) is 36.5 Å². The highest BCUT2D eigenvalue weighted by atomic mass is 16.2. The van der Waals surface area contributed by atoms with Gasteiger partial charge in [0.05, 0.1) is 6.20 Å². The highest BCUT2D eigenvalue weighted by Crippen LogP contribution is 2.16. The number of benzene rings is 1. The normalized spacial score (nSPS) is 11.6. The molecule has 3 aromatic rings. The summed E-state index contributed by atoms with van der Waals surface area (Å²) in [5.74, 6) is -0.577. The number of rotatable bonds is 5. The van der Waals surface area contributed by atoms with Crippen LogP contribution in [0.15, 0.2) is 55.5 Å². The van der Waals surface area contributed by atoms with E-state index in [4.69, 9.17) is 0 Å². The zero-order valence-electron chi connectivity index (χ0n) is 13.3. The Balaban J connectivity index is 1.60. The van der Waals surface area contributed by atoms with E-state index in [1.165, 1.54) is 35.9 Å². The van der Waals surface area contributed by atoms with Crippen molar-refractivity contribution in [2.24, 2.45) is 0 Å². The summed E-state index contributed by atoms with van der Waals surface area (Å²) in [6, 6.07) is 6.27. The lowest BCUT2D eigenvalue weighted by Crippen LogP contribution is -2.24. The minimum Gasteiger partial charge on any atom is -0.324 e. The molecule has 0 aliphatic carbocycles. The number of anilines is 2. The number of carbonyl (C=O) groups is 2.